The number of hydrogen-bond acceptors (Lipinski definition) is 2. The highest BCUT2D eigenvalue weighted by molar-refractivity contribution is 5.81. The van der Waals surface area contributed by atoms with Crippen LogP contribution in [-0.2, 0) is 4.79 Å². The second-order valence-corrected chi connectivity index (χ2v) is 3.83. The molecule has 1 fully saturated rings. The van der Waals surface area contributed by atoms with Gasteiger partial charge in [0.15, 0.2) is 0 Å². The fraction of sp³-hybridized carbons (Fsp3) is 0.778. The zero-order valence-electron chi connectivity index (χ0n) is 7.34. The second kappa shape index (κ2) is 3.14. The molecule has 2 atom stereocenters. The fourth-order valence-electron chi connectivity index (χ4n) is 2.02. The van der Waals surface area contributed by atoms with Crippen molar-refractivity contribution in [1.29, 1.82) is 5.26 Å². The van der Waals surface area contributed by atoms with E-state index in [-0.39, 0.29) is 12.3 Å². The first-order chi connectivity index (χ1) is 5.60. The second-order valence-electron chi connectivity index (χ2n) is 3.83. The molecule has 0 spiro atoms. The molecule has 0 bridgehead atoms. The van der Waals surface area contributed by atoms with E-state index in [1.165, 1.54) is 0 Å². The topological polar surface area (TPSA) is 66.9 Å². The number of amides is 1. The van der Waals surface area contributed by atoms with Crippen LogP contribution in [0, 0.1) is 22.7 Å². The van der Waals surface area contributed by atoms with Gasteiger partial charge >= 0.3 is 0 Å². The molecule has 0 heterocycles. The summed E-state index contributed by atoms with van der Waals surface area (Å²) in [6, 6.07) is 2.05. The Labute approximate surface area is 72.5 Å². The number of nitrogens with zero attached hydrogens (tertiary/aromatic N) is 1. The van der Waals surface area contributed by atoms with Crippen LogP contribution >= 0.6 is 0 Å². The molecule has 0 saturated heterocycles. The average molecular weight is 166 g/mol. The Balaban J connectivity index is 2.76. The molecule has 12 heavy (non-hydrogen) atoms. The average Bonchev–Trinajstić information content (AvgIpc) is 2.34. The van der Waals surface area contributed by atoms with Gasteiger partial charge in [0.1, 0.15) is 0 Å². The number of hydrogen-bond donors (Lipinski definition) is 1. The maximum Gasteiger partial charge on any atom is 0.224 e. The van der Waals surface area contributed by atoms with Gasteiger partial charge < -0.3 is 5.73 Å². The van der Waals surface area contributed by atoms with E-state index in [1.807, 2.05) is 0 Å². The third-order valence-electron chi connectivity index (χ3n) is 2.80. The van der Waals surface area contributed by atoms with Crippen LogP contribution in [0.15, 0.2) is 0 Å². The minimum atomic E-state index is -0.506. The number of carbonyl (C=O) groups excluding carboxylic acids is 1. The van der Waals surface area contributed by atoms with Gasteiger partial charge in [-0.2, -0.15) is 5.26 Å². The molecule has 3 heteroatoms. The normalized spacial score (nSPS) is 34.5. The minimum Gasteiger partial charge on any atom is -0.369 e. The van der Waals surface area contributed by atoms with Gasteiger partial charge in [0, 0.05) is 6.42 Å². The van der Waals surface area contributed by atoms with E-state index < -0.39 is 5.41 Å². The SMILES string of the molecule is CC1CCC(CC#N)(C(N)=O)C1. The van der Waals surface area contributed by atoms with E-state index in [4.69, 9.17) is 11.0 Å². The zero-order valence-corrected chi connectivity index (χ0v) is 7.34. The van der Waals surface area contributed by atoms with Crippen LogP contribution in [0.5, 0.6) is 0 Å². The third-order valence-corrected chi connectivity index (χ3v) is 2.80. The number of rotatable bonds is 2. The molecule has 0 aromatic carbocycles. The van der Waals surface area contributed by atoms with Crippen molar-refractivity contribution < 1.29 is 4.79 Å². The predicted molar refractivity (Wildman–Crippen MR) is 44.9 cm³/mol. The van der Waals surface area contributed by atoms with Crippen molar-refractivity contribution in [2.45, 2.75) is 32.6 Å². The number of primary amides is 1. The number of nitrogens with two attached hydrogens (primary N) is 1. The first-order valence-electron chi connectivity index (χ1n) is 4.27. The smallest absolute Gasteiger partial charge is 0.224 e. The zero-order chi connectivity index (χ0) is 9.19. The van der Waals surface area contributed by atoms with Crippen molar-refractivity contribution in [2.75, 3.05) is 0 Å². The molecule has 0 aliphatic heterocycles. The number of carbonyl (C=O) groups is 1. The van der Waals surface area contributed by atoms with Crippen LogP contribution < -0.4 is 5.73 Å². The monoisotopic (exact) mass is 166 g/mol. The van der Waals surface area contributed by atoms with Gasteiger partial charge in [-0.1, -0.05) is 6.92 Å². The molecule has 2 N–H and O–H groups in total. The van der Waals surface area contributed by atoms with E-state index in [0.29, 0.717) is 5.92 Å². The Hall–Kier alpha value is -1.04. The highest BCUT2D eigenvalue weighted by atomic mass is 16.1. The van der Waals surface area contributed by atoms with Crippen LogP contribution in [0.25, 0.3) is 0 Å². The van der Waals surface area contributed by atoms with Crippen LogP contribution in [0.2, 0.25) is 0 Å². The van der Waals surface area contributed by atoms with Crippen molar-refractivity contribution in [1.82, 2.24) is 0 Å². The quantitative estimate of drug-likeness (QED) is 0.669. The lowest BCUT2D eigenvalue weighted by atomic mass is 9.82. The molecule has 3 nitrogen and oxygen atoms in total. The van der Waals surface area contributed by atoms with Crippen LogP contribution in [-0.4, -0.2) is 5.91 Å². The Morgan fingerprint density at radius 3 is 2.83 bits per heavy atom. The summed E-state index contributed by atoms with van der Waals surface area (Å²) in [6.45, 7) is 2.10. The van der Waals surface area contributed by atoms with Crippen molar-refractivity contribution in [2.24, 2.45) is 17.1 Å². The lowest BCUT2D eigenvalue weighted by Crippen LogP contribution is -2.34. The highest BCUT2D eigenvalue weighted by Crippen LogP contribution is 2.43. The van der Waals surface area contributed by atoms with E-state index in [9.17, 15) is 4.79 Å². The molecule has 2 unspecified atom stereocenters. The molecule has 1 rings (SSSR count). The van der Waals surface area contributed by atoms with Crippen LogP contribution in [0.4, 0.5) is 0 Å². The largest absolute Gasteiger partial charge is 0.369 e. The molecule has 66 valence electrons. The first-order valence-corrected chi connectivity index (χ1v) is 4.27. The molecule has 1 aliphatic carbocycles. The summed E-state index contributed by atoms with van der Waals surface area (Å²) in [4.78, 5) is 11.1. The summed E-state index contributed by atoms with van der Waals surface area (Å²) in [5.74, 6) is 0.235. The Morgan fingerprint density at radius 2 is 2.50 bits per heavy atom. The maximum absolute atomic E-state index is 11.1. The fourth-order valence-corrected chi connectivity index (χ4v) is 2.02. The van der Waals surface area contributed by atoms with Gasteiger partial charge in [-0.25, -0.2) is 0 Å². The maximum atomic E-state index is 11.1. The van der Waals surface area contributed by atoms with Crippen molar-refractivity contribution in [3.8, 4) is 6.07 Å². The summed E-state index contributed by atoms with van der Waals surface area (Å²) < 4.78 is 0. The minimum absolute atomic E-state index is 0.284. The van der Waals surface area contributed by atoms with Crippen molar-refractivity contribution in [3.63, 3.8) is 0 Å². The lowest BCUT2D eigenvalue weighted by Gasteiger charge is -2.21. The molecule has 0 aromatic rings. The summed E-state index contributed by atoms with van der Waals surface area (Å²) in [6.07, 6.45) is 2.88. The van der Waals surface area contributed by atoms with Crippen molar-refractivity contribution >= 4 is 5.91 Å². The van der Waals surface area contributed by atoms with E-state index in [2.05, 4.69) is 13.0 Å². The lowest BCUT2D eigenvalue weighted by molar-refractivity contribution is -0.127. The highest BCUT2D eigenvalue weighted by Gasteiger charge is 2.42. The Bertz CT molecular complexity index is 231. The molecule has 0 radical (unpaired) electrons. The summed E-state index contributed by atoms with van der Waals surface area (Å²) >= 11 is 0. The number of nitriles is 1. The van der Waals surface area contributed by atoms with Crippen LogP contribution in [0.3, 0.4) is 0 Å². The Morgan fingerprint density at radius 1 is 1.83 bits per heavy atom. The van der Waals surface area contributed by atoms with Gasteiger partial charge in [-0.15, -0.1) is 0 Å². The van der Waals surface area contributed by atoms with Gasteiger partial charge in [0.05, 0.1) is 11.5 Å². The van der Waals surface area contributed by atoms with Gasteiger partial charge in [0.25, 0.3) is 0 Å². The van der Waals surface area contributed by atoms with E-state index >= 15 is 0 Å². The van der Waals surface area contributed by atoms with Gasteiger partial charge in [-0.3, -0.25) is 4.79 Å². The van der Waals surface area contributed by atoms with Gasteiger partial charge in [0.2, 0.25) is 5.91 Å². The van der Waals surface area contributed by atoms with Crippen molar-refractivity contribution in [3.05, 3.63) is 0 Å². The standard InChI is InChI=1S/C9H14N2O/c1-7-2-3-9(6-7,4-5-10)8(11)12/h7H,2-4,6H2,1H3,(H2,11,12). The Kier molecular flexibility index (Phi) is 2.37. The summed E-state index contributed by atoms with van der Waals surface area (Å²) in [7, 11) is 0. The molecule has 0 aromatic heterocycles. The van der Waals surface area contributed by atoms with Crippen LogP contribution in [0.1, 0.15) is 32.6 Å². The van der Waals surface area contributed by atoms with E-state index in [0.717, 1.165) is 19.3 Å². The third kappa shape index (κ3) is 1.42. The van der Waals surface area contributed by atoms with Gasteiger partial charge in [-0.05, 0) is 25.2 Å². The first kappa shape index (κ1) is 9.05. The molecule has 1 saturated carbocycles. The predicted octanol–water partition coefficient (Wildman–Crippen LogP) is 1.19. The van der Waals surface area contributed by atoms with E-state index in [1.54, 1.807) is 0 Å². The molecular weight excluding hydrogens is 152 g/mol. The molecular formula is C9H14N2O. The summed E-state index contributed by atoms with van der Waals surface area (Å²) in [5, 5.41) is 8.57. The molecule has 1 amide bonds. The summed E-state index contributed by atoms with van der Waals surface area (Å²) in [5.41, 5.74) is 4.79. The molecule has 1 aliphatic rings.